The monoisotopic (exact) mass is 433 g/mol. The average Bonchev–Trinajstić information content (AvgIpc) is 3.25. The number of rotatable bonds is 4. The van der Waals surface area contributed by atoms with E-state index < -0.39 is 0 Å². The third-order valence-electron chi connectivity index (χ3n) is 8.54. The number of fused-ring (bicyclic) bond motifs is 7. The van der Waals surface area contributed by atoms with Crippen LogP contribution >= 0.6 is 0 Å². The van der Waals surface area contributed by atoms with Gasteiger partial charge in [-0.05, 0) is 68.7 Å². The van der Waals surface area contributed by atoms with Gasteiger partial charge in [0.15, 0.2) is 0 Å². The van der Waals surface area contributed by atoms with Gasteiger partial charge in [0.25, 0.3) is 0 Å². The molecule has 1 aromatic heterocycles. The van der Waals surface area contributed by atoms with Crippen LogP contribution in [0.25, 0.3) is 10.9 Å². The Hall–Kier alpha value is -2.27. The number of aromatic nitrogens is 1. The van der Waals surface area contributed by atoms with Gasteiger partial charge in [0, 0.05) is 43.7 Å². The first-order chi connectivity index (χ1) is 15.7. The van der Waals surface area contributed by atoms with Crippen molar-refractivity contribution in [3.05, 3.63) is 42.1 Å². The first kappa shape index (κ1) is 20.3. The number of carbonyl (C=O) groups excluding carboxylic acids is 1. The SMILES string of the molecule is COc1cccc2c1ccn2CCC(=O)N1CCCC2=C[C@H]3C[C@@H](CN4CCCCC34)C21. The van der Waals surface area contributed by atoms with Crippen molar-refractivity contribution in [3.8, 4) is 5.75 Å². The lowest BCUT2D eigenvalue weighted by atomic mass is 9.68. The van der Waals surface area contributed by atoms with Gasteiger partial charge in [0.1, 0.15) is 5.75 Å². The van der Waals surface area contributed by atoms with Crippen LogP contribution in [0.2, 0.25) is 0 Å². The van der Waals surface area contributed by atoms with Crippen molar-refractivity contribution in [2.45, 2.75) is 63.6 Å². The zero-order chi connectivity index (χ0) is 21.7. The Kier molecular flexibility index (Phi) is 5.25. The second-order valence-electron chi connectivity index (χ2n) is 10.2. The predicted octanol–water partition coefficient (Wildman–Crippen LogP) is 4.46. The van der Waals surface area contributed by atoms with Crippen LogP contribution in [0.5, 0.6) is 5.75 Å². The molecule has 1 amide bonds. The van der Waals surface area contributed by atoms with Gasteiger partial charge in [-0.25, -0.2) is 0 Å². The van der Waals surface area contributed by atoms with Crippen molar-refractivity contribution in [2.75, 3.05) is 26.7 Å². The number of benzene rings is 1. The standard InChI is InChI=1S/C27H35N3O2/c1-32-25-9-4-8-24-22(25)10-14-28(24)15-11-26(31)30-13-5-6-19-16-20-17-21(27(19)30)18-29-12-3-2-7-23(20)29/h4,8-10,14,16,20-21,23,27H,2-3,5-7,11-13,15,17-18H2,1H3/t20-,21-,23?,27?/m0/s1. The molecule has 6 rings (SSSR count). The number of amides is 1. The number of likely N-dealkylation sites (tertiary alicyclic amines) is 1. The van der Waals surface area contributed by atoms with Crippen LogP contribution in [0, 0.1) is 11.8 Å². The van der Waals surface area contributed by atoms with E-state index in [-0.39, 0.29) is 0 Å². The molecule has 0 N–H and O–H groups in total. The Morgan fingerprint density at radius 3 is 3.00 bits per heavy atom. The van der Waals surface area contributed by atoms with Crippen molar-refractivity contribution in [2.24, 2.45) is 11.8 Å². The van der Waals surface area contributed by atoms with Crippen LogP contribution in [-0.2, 0) is 11.3 Å². The number of hydrogen-bond donors (Lipinski definition) is 0. The summed E-state index contributed by atoms with van der Waals surface area (Å²) in [7, 11) is 1.71. The Balaban J connectivity index is 1.20. The number of ether oxygens (including phenoxy) is 1. The minimum Gasteiger partial charge on any atom is -0.496 e. The van der Waals surface area contributed by atoms with Gasteiger partial charge in [-0.1, -0.05) is 24.1 Å². The molecule has 4 atom stereocenters. The summed E-state index contributed by atoms with van der Waals surface area (Å²) in [5.41, 5.74) is 2.72. The molecular formula is C27H35N3O2. The molecule has 2 bridgehead atoms. The highest BCUT2D eigenvalue weighted by Crippen LogP contribution is 2.45. The summed E-state index contributed by atoms with van der Waals surface area (Å²) in [6.45, 7) is 4.09. The summed E-state index contributed by atoms with van der Waals surface area (Å²) >= 11 is 0. The van der Waals surface area contributed by atoms with Crippen LogP contribution in [0.4, 0.5) is 0 Å². The molecule has 5 nitrogen and oxygen atoms in total. The number of nitrogens with zero attached hydrogens (tertiary/aromatic N) is 3. The highest BCUT2D eigenvalue weighted by molar-refractivity contribution is 5.86. The lowest BCUT2D eigenvalue weighted by Gasteiger charge is -2.54. The minimum atomic E-state index is 0.324. The number of methoxy groups -OCH3 is 1. The van der Waals surface area contributed by atoms with Gasteiger partial charge >= 0.3 is 0 Å². The van der Waals surface area contributed by atoms with Crippen LogP contribution in [0.1, 0.15) is 44.9 Å². The molecule has 1 aromatic carbocycles. The maximum absolute atomic E-state index is 13.5. The summed E-state index contributed by atoms with van der Waals surface area (Å²) in [5.74, 6) is 2.56. The summed E-state index contributed by atoms with van der Waals surface area (Å²) in [6, 6.07) is 9.33. The molecule has 3 aliphatic heterocycles. The molecule has 4 heterocycles. The molecule has 0 spiro atoms. The first-order valence-electron chi connectivity index (χ1n) is 12.6. The zero-order valence-corrected chi connectivity index (χ0v) is 19.2. The minimum absolute atomic E-state index is 0.324. The molecule has 0 radical (unpaired) electrons. The predicted molar refractivity (Wildman–Crippen MR) is 127 cm³/mol. The van der Waals surface area contributed by atoms with Crippen LogP contribution in [-0.4, -0.2) is 59.1 Å². The van der Waals surface area contributed by atoms with E-state index in [0.29, 0.717) is 24.3 Å². The molecular weight excluding hydrogens is 398 g/mol. The van der Waals surface area contributed by atoms with E-state index in [0.717, 1.165) is 48.1 Å². The van der Waals surface area contributed by atoms with Crippen LogP contribution < -0.4 is 4.74 Å². The van der Waals surface area contributed by atoms with E-state index in [2.05, 4.69) is 38.8 Å². The molecule has 3 fully saturated rings. The topological polar surface area (TPSA) is 37.7 Å². The van der Waals surface area contributed by atoms with Crippen molar-refractivity contribution in [3.63, 3.8) is 0 Å². The van der Waals surface area contributed by atoms with Gasteiger partial charge in [-0.15, -0.1) is 0 Å². The largest absolute Gasteiger partial charge is 0.496 e. The molecule has 32 heavy (non-hydrogen) atoms. The second kappa shape index (κ2) is 8.26. The quantitative estimate of drug-likeness (QED) is 0.668. The highest BCUT2D eigenvalue weighted by Gasteiger charge is 2.46. The van der Waals surface area contributed by atoms with Gasteiger partial charge in [-0.2, -0.15) is 0 Å². The summed E-state index contributed by atoms with van der Waals surface area (Å²) in [6.07, 6.45) is 12.9. The fourth-order valence-corrected chi connectivity index (χ4v) is 7.18. The van der Waals surface area contributed by atoms with Gasteiger partial charge in [-0.3, -0.25) is 9.69 Å². The fraction of sp³-hybridized carbons (Fsp3) is 0.593. The van der Waals surface area contributed by atoms with Gasteiger partial charge in [0.2, 0.25) is 5.91 Å². The lowest BCUT2D eigenvalue weighted by molar-refractivity contribution is -0.136. The van der Waals surface area contributed by atoms with Crippen molar-refractivity contribution >= 4 is 16.8 Å². The van der Waals surface area contributed by atoms with Crippen LogP contribution in [0.3, 0.4) is 0 Å². The van der Waals surface area contributed by atoms with E-state index in [1.54, 1.807) is 12.7 Å². The summed E-state index contributed by atoms with van der Waals surface area (Å²) in [5, 5.41) is 1.11. The zero-order valence-electron chi connectivity index (χ0n) is 19.2. The molecule has 4 aliphatic rings. The maximum atomic E-state index is 13.5. The third-order valence-corrected chi connectivity index (χ3v) is 8.54. The van der Waals surface area contributed by atoms with E-state index >= 15 is 0 Å². The molecule has 2 unspecified atom stereocenters. The Labute approximate surface area is 191 Å². The van der Waals surface area contributed by atoms with Crippen molar-refractivity contribution < 1.29 is 9.53 Å². The van der Waals surface area contributed by atoms with Crippen LogP contribution in [0.15, 0.2) is 42.1 Å². The summed E-state index contributed by atoms with van der Waals surface area (Å²) < 4.78 is 7.70. The molecule has 3 saturated heterocycles. The van der Waals surface area contributed by atoms with E-state index in [4.69, 9.17) is 4.74 Å². The number of carbonyl (C=O) groups is 1. The van der Waals surface area contributed by atoms with E-state index in [1.165, 1.54) is 45.2 Å². The molecule has 5 heteroatoms. The second-order valence-corrected chi connectivity index (χ2v) is 10.2. The number of aryl methyl sites for hydroxylation is 1. The van der Waals surface area contributed by atoms with Crippen molar-refractivity contribution in [1.29, 1.82) is 0 Å². The maximum Gasteiger partial charge on any atom is 0.224 e. The molecule has 1 aliphatic carbocycles. The average molecular weight is 434 g/mol. The van der Waals surface area contributed by atoms with Crippen molar-refractivity contribution in [1.82, 2.24) is 14.4 Å². The van der Waals surface area contributed by atoms with Gasteiger partial charge in [0.05, 0.1) is 18.7 Å². The van der Waals surface area contributed by atoms with E-state index in [1.807, 2.05) is 12.1 Å². The lowest BCUT2D eigenvalue weighted by Crippen LogP contribution is -2.60. The first-order valence-corrected chi connectivity index (χ1v) is 12.6. The molecule has 170 valence electrons. The molecule has 2 aromatic rings. The number of hydrogen-bond acceptors (Lipinski definition) is 3. The third kappa shape index (κ3) is 3.37. The van der Waals surface area contributed by atoms with Gasteiger partial charge < -0.3 is 14.2 Å². The fourth-order valence-electron chi connectivity index (χ4n) is 7.18. The molecule has 0 saturated carbocycles. The Morgan fingerprint density at radius 2 is 2.09 bits per heavy atom. The number of piperidine rings is 3. The smallest absolute Gasteiger partial charge is 0.224 e. The van der Waals surface area contributed by atoms with E-state index in [9.17, 15) is 4.79 Å². The summed E-state index contributed by atoms with van der Waals surface area (Å²) in [4.78, 5) is 18.5. The normalized spacial score (nSPS) is 29.9. The highest BCUT2D eigenvalue weighted by atomic mass is 16.5. The Morgan fingerprint density at radius 1 is 1.16 bits per heavy atom. The Bertz CT molecular complexity index is 1040.